The van der Waals surface area contributed by atoms with Gasteiger partial charge in [0.15, 0.2) is 0 Å². The van der Waals surface area contributed by atoms with Gasteiger partial charge in [0.2, 0.25) is 0 Å². The summed E-state index contributed by atoms with van der Waals surface area (Å²) < 4.78 is 11.3. The lowest BCUT2D eigenvalue weighted by atomic mass is 10.1. The van der Waals surface area contributed by atoms with E-state index in [-0.39, 0.29) is 6.04 Å². The Morgan fingerprint density at radius 1 is 1.11 bits per heavy atom. The van der Waals surface area contributed by atoms with Crippen molar-refractivity contribution in [1.29, 1.82) is 0 Å². The average Bonchev–Trinajstić information content (AvgIpc) is 2.42. The Morgan fingerprint density at radius 3 is 2.32 bits per heavy atom. The minimum Gasteiger partial charge on any atom is -0.494 e. The fourth-order valence-electron chi connectivity index (χ4n) is 1.78. The van der Waals surface area contributed by atoms with Crippen LogP contribution >= 0.6 is 0 Å². The molecule has 108 valence electrons. The molecule has 1 rings (SSSR count). The van der Waals surface area contributed by atoms with Crippen LogP contribution in [-0.2, 0) is 4.74 Å². The zero-order valence-corrected chi connectivity index (χ0v) is 12.6. The maximum Gasteiger partial charge on any atom is 0.119 e. The molecule has 0 spiro atoms. The summed E-state index contributed by atoms with van der Waals surface area (Å²) in [6.07, 6.45) is 1.03. The molecule has 0 amide bonds. The Labute approximate surface area is 117 Å². The van der Waals surface area contributed by atoms with E-state index in [1.54, 1.807) is 0 Å². The van der Waals surface area contributed by atoms with Crippen LogP contribution < -0.4 is 10.1 Å². The van der Waals surface area contributed by atoms with Crippen LogP contribution in [0.25, 0.3) is 0 Å². The van der Waals surface area contributed by atoms with E-state index in [2.05, 4.69) is 38.2 Å². The quantitative estimate of drug-likeness (QED) is 0.742. The molecule has 3 heteroatoms. The van der Waals surface area contributed by atoms with Gasteiger partial charge in [0.05, 0.1) is 19.3 Å². The number of benzene rings is 1. The fourth-order valence-corrected chi connectivity index (χ4v) is 1.78. The average molecular weight is 265 g/mol. The molecule has 1 N–H and O–H groups in total. The topological polar surface area (TPSA) is 30.5 Å². The van der Waals surface area contributed by atoms with Crippen molar-refractivity contribution in [2.45, 2.75) is 33.2 Å². The molecule has 1 unspecified atom stereocenters. The van der Waals surface area contributed by atoms with Gasteiger partial charge in [-0.15, -0.1) is 0 Å². The fraction of sp³-hybridized carbons (Fsp3) is 0.625. The third kappa shape index (κ3) is 6.08. The molecule has 0 radical (unpaired) electrons. The standard InChI is InChI=1S/C16H27NO2/c1-5-10-19-15-8-6-14(7-9-15)16(17-4)12-18-11-13(2)3/h6-9,13,16-17H,5,10-12H2,1-4H3. The first-order chi connectivity index (χ1) is 9.17. The predicted octanol–water partition coefficient (Wildman–Crippen LogP) is 3.41. The highest BCUT2D eigenvalue weighted by Crippen LogP contribution is 2.18. The molecule has 1 aromatic rings. The lowest BCUT2D eigenvalue weighted by molar-refractivity contribution is 0.0919. The van der Waals surface area contributed by atoms with Crippen molar-refractivity contribution in [3.8, 4) is 5.75 Å². The van der Waals surface area contributed by atoms with Gasteiger partial charge in [-0.05, 0) is 37.1 Å². The number of likely N-dealkylation sites (N-methyl/N-ethyl adjacent to an activating group) is 1. The molecule has 1 aromatic carbocycles. The molecule has 0 aliphatic rings. The van der Waals surface area contributed by atoms with E-state index >= 15 is 0 Å². The molecule has 0 aromatic heterocycles. The number of nitrogens with one attached hydrogen (secondary N) is 1. The van der Waals surface area contributed by atoms with Crippen molar-refractivity contribution in [2.75, 3.05) is 26.9 Å². The molecule has 19 heavy (non-hydrogen) atoms. The molecular formula is C16H27NO2. The number of hydrogen-bond donors (Lipinski definition) is 1. The second-order valence-electron chi connectivity index (χ2n) is 5.19. The van der Waals surface area contributed by atoms with Gasteiger partial charge < -0.3 is 14.8 Å². The van der Waals surface area contributed by atoms with Crippen LogP contribution in [0.2, 0.25) is 0 Å². The zero-order valence-electron chi connectivity index (χ0n) is 12.6. The third-order valence-electron chi connectivity index (χ3n) is 2.84. The van der Waals surface area contributed by atoms with Crippen molar-refractivity contribution in [1.82, 2.24) is 5.32 Å². The Bertz CT molecular complexity index is 335. The van der Waals surface area contributed by atoms with Crippen LogP contribution in [0, 0.1) is 5.92 Å². The Morgan fingerprint density at radius 2 is 1.79 bits per heavy atom. The van der Waals surface area contributed by atoms with Crippen LogP contribution in [0.1, 0.15) is 38.8 Å². The van der Waals surface area contributed by atoms with Gasteiger partial charge in [0.1, 0.15) is 5.75 Å². The molecule has 1 atom stereocenters. The summed E-state index contributed by atoms with van der Waals surface area (Å²) in [5.41, 5.74) is 1.23. The van der Waals surface area contributed by atoms with E-state index < -0.39 is 0 Å². The van der Waals surface area contributed by atoms with Crippen molar-refractivity contribution < 1.29 is 9.47 Å². The van der Waals surface area contributed by atoms with Crippen LogP contribution in [0.4, 0.5) is 0 Å². The van der Waals surface area contributed by atoms with E-state index in [0.717, 1.165) is 25.4 Å². The summed E-state index contributed by atoms with van der Waals surface area (Å²) in [6, 6.07) is 8.49. The summed E-state index contributed by atoms with van der Waals surface area (Å²) in [5.74, 6) is 1.51. The number of ether oxygens (including phenoxy) is 2. The van der Waals surface area contributed by atoms with Gasteiger partial charge in [-0.25, -0.2) is 0 Å². The Balaban J connectivity index is 2.50. The highest BCUT2D eigenvalue weighted by atomic mass is 16.5. The lowest BCUT2D eigenvalue weighted by Gasteiger charge is -2.18. The third-order valence-corrected chi connectivity index (χ3v) is 2.84. The largest absolute Gasteiger partial charge is 0.494 e. The second-order valence-corrected chi connectivity index (χ2v) is 5.19. The predicted molar refractivity (Wildman–Crippen MR) is 79.7 cm³/mol. The summed E-state index contributed by atoms with van der Waals surface area (Å²) in [7, 11) is 1.96. The maximum atomic E-state index is 5.70. The van der Waals surface area contributed by atoms with Gasteiger partial charge in [0, 0.05) is 6.61 Å². The summed E-state index contributed by atoms with van der Waals surface area (Å²) in [6.45, 7) is 8.70. The molecule has 0 saturated carbocycles. The summed E-state index contributed by atoms with van der Waals surface area (Å²) >= 11 is 0. The molecule has 3 nitrogen and oxygen atoms in total. The second kappa shape index (κ2) is 8.94. The zero-order chi connectivity index (χ0) is 14.1. The van der Waals surface area contributed by atoms with Crippen molar-refractivity contribution in [3.05, 3.63) is 29.8 Å². The van der Waals surface area contributed by atoms with Crippen molar-refractivity contribution >= 4 is 0 Å². The minimum atomic E-state index is 0.235. The molecule has 0 fully saturated rings. The van der Waals surface area contributed by atoms with Crippen LogP contribution in [-0.4, -0.2) is 26.9 Å². The van der Waals surface area contributed by atoms with Crippen LogP contribution in [0.3, 0.4) is 0 Å². The van der Waals surface area contributed by atoms with E-state index in [1.165, 1.54) is 5.56 Å². The van der Waals surface area contributed by atoms with E-state index in [0.29, 0.717) is 12.5 Å². The van der Waals surface area contributed by atoms with Gasteiger partial charge in [-0.1, -0.05) is 32.9 Å². The highest BCUT2D eigenvalue weighted by molar-refractivity contribution is 5.29. The van der Waals surface area contributed by atoms with Gasteiger partial charge in [-0.3, -0.25) is 0 Å². The Hall–Kier alpha value is -1.06. The first-order valence-corrected chi connectivity index (χ1v) is 7.15. The minimum absolute atomic E-state index is 0.235. The molecular weight excluding hydrogens is 238 g/mol. The molecule has 0 saturated heterocycles. The Kier molecular flexibility index (Phi) is 7.53. The first-order valence-electron chi connectivity index (χ1n) is 7.15. The SMILES string of the molecule is CCCOc1ccc(C(COCC(C)C)NC)cc1. The monoisotopic (exact) mass is 265 g/mol. The summed E-state index contributed by atoms with van der Waals surface area (Å²) in [4.78, 5) is 0. The number of hydrogen-bond acceptors (Lipinski definition) is 3. The van der Waals surface area contributed by atoms with E-state index in [1.807, 2.05) is 19.2 Å². The first kappa shape index (κ1) is 16.0. The van der Waals surface area contributed by atoms with E-state index in [9.17, 15) is 0 Å². The smallest absolute Gasteiger partial charge is 0.119 e. The maximum absolute atomic E-state index is 5.70. The van der Waals surface area contributed by atoms with Crippen molar-refractivity contribution in [2.24, 2.45) is 5.92 Å². The molecule has 0 bridgehead atoms. The molecule has 0 aliphatic heterocycles. The highest BCUT2D eigenvalue weighted by Gasteiger charge is 2.09. The van der Waals surface area contributed by atoms with Crippen LogP contribution in [0.15, 0.2) is 24.3 Å². The number of rotatable bonds is 9. The summed E-state index contributed by atoms with van der Waals surface area (Å²) in [5, 5.41) is 3.29. The molecule has 0 heterocycles. The normalized spacial score (nSPS) is 12.7. The lowest BCUT2D eigenvalue weighted by Crippen LogP contribution is -2.22. The van der Waals surface area contributed by atoms with Gasteiger partial charge in [0.25, 0.3) is 0 Å². The van der Waals surface area contributed by atoms with Gasteiger partial charge >= 0.3 is 0 Å². The molecule has 0 aliphatic carbocycles. The van der Waals surface area contributed by atoms with Gasteiger partial charge in [-0.2, -0.15) is 0 Å². The van der Waals surface area contributed by atoms with Crippen LogP contribution in [0.5, 0.6) is 5.75 Å². The van der Waals surface area contributed by atoms with E-state index in [4.69, 9.17) is 9.47 Å². The van der Waals surface area contributed by atoms with Crippen molar-refractivity contribution in [3.63, 3.8) is 0 Å².